The first-order valence-corrected chi connectivity index (χ1v) is 10.3. The first kappa shape index (κ1) is 20.6. The Balaban J connectivity index is 1.62. The van der Waals surface area contributed by atoms with Crippen LogP contribution in [0.1, 0.15) is 38.7 Å². The Labute approximate surface area is 164 Å². The second-order valence-electron chi connectivity index (χ2n) is 8.47. The van der Waals surface area contributed by atoms with Gasteiger partial charge in [0.2, 0.25) is 0 Å². The van der Waals surface area contributed by atoms with Crippen LogP contribution in [-0.2, 0) is 14.9 Å². The molecule has 0 spiro atoms. The van der Waals surface area contributed by atoms with Crippen LogP contribution in [0.25, 0.3) is 0 Å². The number of benzene rings is 1. The van der Waals surface area contributed by atoms with Gasteiger partial charge in [0, 0.05) is 43.8 Å². The molecule has 0 aliphatic carbocycles. The predicted octanol–water partition coefficient (Wildman–Crippen LogP) is 2.83. The van der Waals surface area contributed by atoms with Crippen molar-refractivity contribution >= 4 is 0 Å². The van der Waals surface area contributed by atoms with E-state index in [9.17, 15) is 0 Å². The number of para-hydroxylation sites is 1. The Kier molecular flexibility index (Phi) is 7.15. The highest BCUT2D eigenvalue weighted by Gasteiger charge is 2.43. The van der Waals surface area contributed by atoms with Gasteiger partial charge in [0.1, 0.15) is 5.75 Å². The van der Waals surface area contributed by atoms with Crippen molar-refractivity contribution in [2.24, 2.45) is 0 Å². The fraction of sp³-hybridized carbons (Fsp3) is 0.727. The number of nitrogens with zero attached hydrogens (tertiary/aromatic N) is 1. The van der Waals surface area contributed by atoms with Crippen molar-refractivity contribution in [3.8, 4) is 5.75 Å². The lowest BCUT2D eigenvalue weighted by Gasteiger charge is -2.46. The van der Waals surface area contributed by atoms with Crippen LogP contribution in [-0.4, -0.2) is 70.2 Å². The molecule has 0 amide bonds. The molecule has 0 saturated carbocycles. The zero-order valence-corrected chi connectivity index (χ0v) is 17.3. The van der Waals surface area contributed by atoms with Crippen molar-refractivity contribution in [2.45, 2.75) is 44.1 Å². The molecule has 1 N–H and O–H groups in total. The maximum Gasteiger partial charge on any atom is 0.122 e. The number of morpholine rings is 1. The van der Waals surface area contributed by atoms with E-state index < -0.39 is 0 Å². The maximum atomic E-state index is 6.04. The number of nitrogens with one attached hydrogen (secondary N) is 1. The summed E-state index contributed by atoms with van der Waals surface area (Å²) >= 11 is 0. The van der Waals surface area contributed by atoms with Crippen LogP contribution in [0.15, 0.2) is 24.3 Å². The SMILES string of the molecule is COc1ccccc1[C@@]1(CCNCCN2CCOCC2)CCOC(C)(C)C1. The minimum atomic E-state index is -0.104. The van der Waals surface area contributed by atoms with Crippen molar-refractivity contribution in [2.75, 3.05) is 59.7 Å². The highest BCUT2D eigenvalue weighted by molar-refractivity contribution is 5.40. The summed E-state index contributed by atoms with van der Waals surface area (Å²) in [5.74, 6) is 1.00. The summed E-state index contributed by atoms with van der Waals surface area (Å²) in [7, 11) is 1.78. The molecule has 1 aromatic rings. The van der Waals surface area contributed by atoms with E-state index in [4.69, 9.17) is 14.2 Å². The smallest absolute Gasteiger partial charge is 0.122 e. The van der Waals surface area contributed by atoms with Crippen molar-refractivity contribution in [1.82, 2.24) is 10.2 Å². The van der Waals surface area contributed by atoms with Gasteiger partial charge < -0.3 is 19.5 Å². The summed E-state index contributed by atoms with van der Waals surface area (Å²) in [4.78, 5) is 2.48. The molecule has 152 valence electrons. The van der Waals surface area contributed by atoms with E-state index in [2.05, 4.69) is 48.3 Å². The molecule has 2 saturated heterocycles. The molecule has 3 rings (SSSR count). The number of rotatable bonds is 8. The Morgan fingerprint density at radius 2 is 1.89 bits per heavy atom. The highest BCUT2D eigenvalue weighted by Crippen LogP contribution is 2.46. The van der Waals surface area contributed by atoms with Crippen LogP contribution in [0, 0.1) is 0 Å². The van der Waals surface area contributed by atoms with Crippen molar-refractivity contribution in [3.05, 3.63) is 29.8 Å². The Bertz CT molecular complexity index is 587. The first-order chi connectivity index (χ1) is 13.0. The molecule has 1 atom stereocenters. The quantitative estimate of drug-likeness (QED) is 0.707. The van der Waals surface area contributed by atoms with E-state index in [1.165, 1.54) is 5.56 Å². The summed E-state index contributed by atoms with van der Waals surface area (Å²) in [5.41, 5.74) is 1.33. The monoisotopic (exact) mass is 376 g/mol. The van der Waals surface area contributed by atoms with Crippen LogP contribution < -0.4 is 10.1 Å². The maximum absolute atomic E-state index is 6.04. The zero-order valence-electron chi connectivity index (χ0n) is 17.3. The standard InChI is InChI=1S/C22H36N2O3/c1-21(2)18-22(9-15-27-21,19-6-4-5-7-20(19)25-3)8-10-23-11-12-24-13-16-26-17-14-24/h4-7,23H,8-18H2,1-3H3/t22-/m0/s1. The molecule has 2 fully saturated rings. The Morgan fingerprint density at radius 1 is 1.11 bits per heavy atom. The molecular weight excluding hydrogens is 340 g/mol. The molecule has 0 bridgehead atoms. The van der Waals surface area contributed by atoms with Gasteiger partial charge >= 0.3 is 0 Å². The third-order valence-electron chi connectivity index (χ3n) is 6.00. The third kappa shape index (κ3) is 5.44. The summed E-state index contributed by atoms with van der Waals surface area (Å²) in [6.07, 6.45) is 3.16. The lowest BCUT2D eigenvalue weighted by Crippen LogP contribution is -2.46. The molecular formula is C22H36N2O3. The summed E-state index contributed by atoms with van der Waals surface area (Å²) in [5, 5.41) is 3.68. The lowest BCUT2D eigenvalue weighted by molar-refractivity contribution is -0.0843. The first-order valence-electron chi connectivity index (χ1n) is 10.3. The van der Waals surface area contributed by atoms with Gasteiger partial charge in [0.25, 0.3) is 0 Å². The van der Waals surface area contributed by atoms with E-state index in [1.807, 2.05) is 0 Å². The summed E-state index contributed by atoms with van der Waals surface area (Å²) < 4.78 is 17.2. The van der Waals surface area contributed by atoms with Gasteiger partial charge in [-0.2, -0.15) is 0 Å². The van der Waals surface area contributed by atoms with Crippen LogP contribution in [0.5, 0.6) is 5.75 Å². The Morgan fingerprint density at radius 3 is 2.63 bits per heavy atom. The molecule has 2 heterocycles. The van der Waals surface area contributed by atoms with E-state index in [-0.39, 0.29) is 11.0 Å². The number of methoxy groups -OCH3 is 1. The molecule has 27 heavy (non-hydrogen) atoms. The van der Waals surface area contributed by atoms with Gasteiger partial charge in [-0.1, -0.05) is 18.2 Å². The topological polar surface area (TPSA) is 43.0 Å². The summed E-state index contributed by atoms with van der Waals surface area (Å²) in [6.45, 7) is 12.2. The number of hydrogen-bond donors (Lipinski definition) is 1. The fourth-order valence-corrected chi connectivity index (χ4v) is 4.65. The lowest BCUT2D eigenvalue weighted by atomic mass is 9.67. The van der Waals surface area contributed by atoms with Crippen LogP contribution in [0.4, 0.5) is 0 Å². The molecule has 0 unspecified atom stereocenters. The molecule has 2 aliphatic rings. The van der Waals surface area contributed by atoms with Crippen molar-refractivity contribution < 1.29 is 14.2 Å². The minimum absolute atomic E-state index is 0.0975. The zero-order chi connectivity index (χ0) is 19.2. The number of ether oxygens (including phenoxy) is 3. The molecule has 0 aromatic heterocycles. The molecule has 0 radical (unpaired) electrons. The third-order valence-corrected chi connectivity index (χ3v) is 6.00. The molecule has 5 heteroatoms. The van der Waals surface area contributed by atoms with E-state index in [1.54, 1.807) is 7.11 Å². The largest absolute Gasteiger partial charge is 0.496 e. The molecule has 1 aromatic carbocycles. The second-order valence-corrected chi connectivity index (χ2v) is 8.47. The molecule has 5 nitrogen and oxygen atoms in total. The highest BCUT2D eigenvalue weighted by atomic mass is 16.5. The predicted molar refractivity (Wildman–Crippen MR) is 109 cm³/mol. The van der Waals surface area contributed by atoms with Crippen LogP contribution in [0.2, 0.25) is 0 Å². The Hall–Kier alpha value is -1.14. The fourth-order valence-electron chi connectivity index (χ4n) is 4.65. The minimum Gasteiger partial charge on any atom is -0.496 e. The summed E-state index contributed by atoms with van der Waals surface area (Å²) in [6, 6.07) is 8.52. The van der Waals surface area contributed by atoms with Gasteiger partial charge in [0.15, 0.2) is 0 Å². The van der Waals surface area contributed by atoms with Gasteiger partial charge in [0.05, 0.1) is 25.9 Å². The molecule has 2 aliphatic heterocycles. The van der Waals surface area contributed by atoms with Gasteiger partial charge in [-0.05, 0) is 45.7 Å². The average Bonchev–Trinajstić information content (AvgIpc) is 2.68. The average molecular weight is 377 g/mol. The second kappa shape index (κ2) is 9.37. The van der Waals surface area contributed by atoms with Crippen LogP contribution in [0.3, 0.4) is 0 Å². The van der Waals surface area contributed by atoms with Crippen molar-refractivity contribution in [3.63, 3.8) is 0 Å². The van der Waals surface area contributed by atoms with Gasteiger partial charge in [-0.15, -0.1) is 0 Å². The number of hydrogen-bond acceptors (Lipinski definition) is 5. The van der Waals surface area contributed by atoms with E-state index in [0.29, 0.717) is 0 Å². The van der Waals surface area contributed by atoms with E-state index >= 15 is 0 Å². The van der Waals surface area contributed by atoms with Crippen LogP contribution >= 0.6 is 0 Å². The normalized spacial score (nSPS) is 26.0. The van der Waals surface area contributed by atoms with Crippen molar-refractivity contribution in [1.29, 1.82) is 0 Å². The van der Waals surface area contributed by atoms with E-state index in [0.717, 1.165) is 77.6 Å². The van der Waals surface area contributed by atoms with Gasteiger partial charge in [-0.25, -0.2) is 0 Å². The van der Waals surface area contributed by atoms with Gasteiger partial charge in [-0.3, -0.25) is 4.90 Å².